The lowest BCUT2D eigenvalue weighted by atomic mass is 10.0. The molecule has 0 atom stereocenters. The predicted octanol–water partition coefficient (Wildman–Crippen LogP) is 16.7. The molecule has 0 aliphatic carbocycles. The molecule has 0 spiro atoms. The van der Waals surface area contributed by atoms with Crippen LogP contribution in [0, 0.1) is 11.3 Å². The highest BCUT2D eigenvalue weighted by Gasteiger charge is 2.18. The third-order valence-electron chi connectivity index (χ3n) is 11.1. The van der Waals surface area contributed by atoms with Gasteiger partial charge < -0.3 is 18.9 Å². The van der Waals surface area contributed by atoms with Gasteiger partial charge in [0, 0.05) is 0 Å². The fourth-order valence-corrected chi connectivity index (χ4v) is 7.44. The van der Waals surface area contributed by atoms with E-state index in [-0.39, 0.29) is 0 Å². The minimum atomic E-state index is 0.564. The summed E-state index contributed by atoms with van der Waals surface area (Å²) in [5.74, 6) is 2.85. The summed E-state index contributed by atoms with van der Waals surface area (Å²) in [6, 6.07) is 14.3. The molecule has 0 amide bonds. The van der Waals surface area contributed by atoms with E-state index in [9.17, 15) is 5.26 Å². The molecule has 2 aromatic rings. The van der Waals surface area contributed by atoms with Gasteiger partial charge in [-0.1, -0.05) is 206 Å². The minimum Gasteiger partial charge on any atom is -0.497 e. The van der Waals surface area contributed by atoms with Crippen molar-refractivity contribution in [1.29, 1.82) is 5.26 Å². The average Bonchev–Trinajstić information content (AvgIpc) is 3.23. The standard InChI is InChI=1S/C52H85NO4/c1-5-8-11-14-17-20-23-26-29-32-39-55-50-43-47(48(45-53)42-46-35-37-49(54-4)38-36-46)44-51(56-40-33-30-27-24-21-18-15-12-9-6-2)52(50)57-41-34-31-28-25-22-19-16-13-10-7-3/h35-38,42-44H,5-34,39-41H2,1-4H3/b48-42+. The number of unbranched alkanes of at least 4 members (excludes halogenated alkanes) is 27. The van der Waals surface area contributed by atoms with Crippen molar-refractivity contribution in [2.24, 2.45) is 0 Å². The number of hydrogen-bond donors (Lipinski definition) is 0. The quantitative estimate of drug-likeness (QED) is 0.0384. The first kappa shape index (κ1) is 50.0. The van der Waals surface area contributed by atoms with Gasteiger partial charge in [-0.3, -0.25) is 0 Å². The SMILES string of the molecule is CCCCCCCCCCCCOc1cc(/C(C#N)=C/c2ccc(OC)cc2)cc(OCCCCCCCCCCCC)c1OCCCCCCCCCCCC. The van der Waals surface area contributed by atoms with Crippen LogP contribution >= 0.6 is 0 Å². The summed E-state index contributed by atoms with van der Waals surface area (Å²) in [5.41, 5.74) is 2.29. The van der Waals surface area contributed by atoms with Crippen molar-refractivity contribution in [3.8, 4) is 29.1 Å². The zero-order valence-electron chi connectivity index (χ0n) is 37.5. The predicted molar refractivity (Wildman–Crippen MR) is 245 cm³/mol. The Hall–Kier alpha value is -3.13. The molecule has 0 aliphatic rings. The van der Waals surface area contributed by atoms with E-state index in [0.29, 0.717) is 42.6 Å². The van der Waals surface area contributed by atoms with E-state index in [1.807, 2.05) is 42.5 Å². The van der Waals surface area contributed by atoms with Crippen LogP contribution in [0.3, 0.4) is 0 Å². The second kappa shape index (κ2) is 36.0. The zero-order valence-corrected chi connectivity index (χ0v) is 37.5. The number of methoxy groups -OCH3 is 1. The van der Waals surface area contributed by atoms with Crippen molar-refractivity contribution in [2.75, 3.05) is 26.9 Å². The summed E-state index contributed by atoms with van der Waals surface area (Å²) in [5, 5.41) is 10.4. The molecule has 0 radical (unpaired) electrons. The number of allylic oxidation sites excluding steroid dienone is 1. The molecular weight excluding hydrogens is 703 g/mol. The maximum atomic E-state index is 10.4. The second-order valence-electron chi connectivity index (χ2n) is 16.3. The Morgan fingerprint density at radius 2 is 0.807 bits per heavy atom. The summed E-state index contributed by atoms with van der Waals surface area (Å²) in [6.07, 6.45) is 40.4. The lowest BCUT2D eigenvalue weighted by Crippen LogP contribution is -2.07. The van der Waals surface area contributed by atoms with Crippen molar-refractivity contribution in [3.63, 3.8) is 0 Å². The Bertz CT molecular complexity index is 1250. The maximum Gasteiger partial charge on any atom is 0.203 e. The molecule has 0 N–H and O–H groups in total. The lowest BCUT2D eigenvalue weighted by molar-refractivity contribution is 0.234. The molecule has 322 valence electrons. The number of rotatable bonds is 39. The first-order valence-electron chi connectivity index (χ1n) is 24.0. The lowest BCUT2D eigenvalue weighted by Gasteiger charge is -2.19. The van der Waals surface area contributed by atoms with Gasteiger partial charge in [-0.25, -0.2) is 0 Å². The number of ether oxygens (including phenoxy) is 4. The smallest absolute Gasteiger partial charge is 0.203 e. The van der Waals surface area contributed by atoms with Gasteiger partial charge >= 0.3 is 0 Å². The maximum absolute atomic E-state index is 10.4. The third-order valence-corrected chi connectivity index (χ3v) is 11.1. The summed E-state index contributed by atoms with van der Waals surface area (Å²) in [6.45, 7) is 8.71. The number of benzene rings is 2. The molecule has 0 bridgehead atoms. The molecule has 0 unspecified atom stereocenters. The minimum absolute atomic E-state index is 0.564. The highest BCUT2D eigenvalue weighted by atomic mass is 16.5. The number of hydrogen-bond acceptors (Lipinski definition) is 5. The molecular formula is C52H85NO4. The van der Waals surface area contributed by atoms with E-state index >= 15 is 0 Å². The van der Waals surface area contributed by atoms with Crippen LogP contribution < -0.4 is 18.9 Å². The molecule has 0 aliphatic heterocycles. The van der Waals surface area contributed by atoms with Crippen LogP contribution in [-0.2, 0) is 0 Å². The first-order valence-corrected chi connectivity index (χ1v) is 24.0. The van der Waals surface area contributed by atoms with E-state index < -0.39 is 0 Å². The molecule has 0 saturated heterocycles. The monoisotopic (exact) mass is 788 g/mol. The zero-order chi connectivity index (χ0) is 40.9. The summed E-state index contributed by atoms with van der Waals surface area (Å²) >= 11 is 0. The van der Waals surface area contributed by atoms with Gasteiger partial charge in [0.2, 0.25) is 5.75 Å². The van der Waals surface area contributed by atoms with E-state index in [1.165, 1.54) is 161 Å². The van der Waals surface area contributed by atoms with Crippen LogP contribution in [0.4, 0.5) is 0 Å². The molecule has 57 heavy (non-hydrogen) atoms. The van der Waals surface area contributed by atoms with Crippen LogP contribution in [0.2, 0.25) is 0 Å². The van der Waals surface area contributed by atoms with Gasteiger partial charge in [0.15, 0.2) is 11.5 Å². The van der Waals surface area contributed by atoms with Gasteiger partial charge in [0.25, 0.3) is 0 Å². The first-order chi connectivity index (χ1) is 28.2. The van der Waals surface area contributed by atoms with Gasteiger partial charge in [0.1, 0.15) is 5.75 Å². The van der Waals surface area contributed by atoms with Crippen LogP contribution in [0.15, 0.2) is 36.4 Å². The molecule has 0 aromatic heterocycles. The molecule has 0 fully saturated rings. The molecule has 2 rings (SSSR count). The van der Waals surface area contributed by atoms with Gasteiger partial charge in [0.05, 0.1) is 38.6 Å². The molecule has 2 aromatic carbocycles. The van der Waals surface area contributed by atoms with Crippen LogP contribution in [-0.4, -0.2) is 26.9 Å². The van der Waals surface area contributed by atoms with E-state index in [0.717, 1.165) is 49.0 Å². The second-order valence-corrected chi connectivity index (χ2v) is 16.3. The highest BCUT2D eigenvalue weighted by Crippen LogP contribution is 2.41. The molecule has 5 heteroatoms. The van der Waals surface area contributed by atoms with Crippen molar-refractivity contribution >= 4 is 11.6 Å². The van der Waals surface area contributed by atoms with Gasteiger partial charge in [-0.05, 0) is 60.7 Å². The Balaban J connectivity index is 2.15. The summed E-state index contributed by atoms with van der Waals surface area (Å²) in [7, 11) is 1.67. The Morgan fingerprint density at radius 3 is 1.14 bits per heavy atom. The number of nitriles is 1. The normalized spacial score (nSPS) is 11.5. The molecule has 5 nitrogen and oxygen atoms in total. The largest absolute Gasteiger partial charge is 0.497 e. The van der Waals surface area contributed by atoms with Gasteiger partial charge in [-0.15, -0.1) is 0 Å². The fraction of sp³-hybridized carbons (Fsp3) is 0.712. The average molecular weight is 788 g/mol. The highest BCUT2D eigenvalue weighted by molar-refractivity contribution is 5.90. The van der Waals surface area contributed by atoms with Crippen LogP contribution in [0.25, 0.3) is 11.6 Å². The number of nitrogens with zero attached hydrogens (tertiary/aromatic N) is 1. The third kappa shape index (κ3) is 25.1. The van der Waals surface area contributed by atoms with Crippen molar-refractivity contribution in [2.45, 2.75) is 213 Å². The molecule has 0 saturated carbocycles. The van der Waals surface area contributed by atoms with Crippen LogP contribution in [0.1, 0.15) is 225 Å². The van der Waals surface area contributed by atoms with Crippen LogP contribution in [0.5, 0.6) is 23.0 Å². The van der Waals surface area contributed by atoms with E-state index in [1.54, 1.807) is 7.11 Å². The fourth-order valence-electron chi connectivity index (χ4n) is 7.44. The Kier molecular flexibility index (Phi) is 31.6. The van der Waals surface area contributed by atoms with E-state index in [4.69, 9.17) is 18.9 Å². The Morgan fingerprint density at radius 1 is 0.474 bits per heavy atom. The van der Waals surface area contributed by atoms with E-state index in [2.05, 4.69) is 26.8 Å². The summed E-state index contributed by atoms with van der Waals surface area (Å²) in [4.78, 5) is 0. The van der Waals surface area contributed by atoms with Gasteiger partial charge in [-0.2, -0.15) is 5.26 Å². The van der Waals surface area contributed by atoms with Crippen molar-refractivity contribution < 1.29 is 18.9 Å². The molecule has 0 heterocycles. The van der Waals surface area contributed by atoms with Crippen molar-refractivity contribution in [3.05, 3.63) is 47.5 Å². The topological polar surface area (TPSA) is 60.7 Å². The summed E-state index contributed by atoms with van der Waals surface area (Å²) < 4.78 is 25.1. The Labute approximate surface area is 351 Å². The van der Waals surface area contributed by atoms with Crippen molar-refractivity contribution in [1.82, 2.24) is 0 Å².